The Hall–Kier alpha value is -1.69. The fraction of sp³-hybridized carbons (Fsp3) is 0.500. The van der Waals surface area contributed by atoms with Gasteiger partial charge in [-0.3, -0.25) is 4.79 Å². The fourth-order valence-corrected chi connectivity index (χ4v) is 1.44. The first-order valence-corrected chi connectivity index (χ1v) is 6.32. The third kappa shape index (κ3) is 4.16. The van der Waals surface area contributed by atoms with E-state index in [0.29, 0.717) is 18.7 Å². The molecule has 0 saturated carbocycles. The maximum atomic E-state index is 13.8. The molecule has 112 valence electrons. The largest absolute Gasteiger partial charge is 0.486 e. The Bertz CT molecular complexity index is 466. The van der Waals surface area contributed by atoms with Crippen molar-refractivity contribution in [3.8, 4) is 5.75 Å². The van der Waals surface area contributed by atoms with Crippen LogP contribution in [0.15, 0.2) is 12.1 Å². The minimum Gasteiger partial charge on any atom is -0.486 e. The van der Waals surface area contributed by atoms with E-state index >= 15 is 0 Å². The number of halogens is 2. The molecular formula is C14H19F2NO3. The standard InChI is InChI=1S/C14H19F2NO3/c1-4-17-7-9-5-10(15)12(11(16)6-9)20-8-14(2,3)13(18)19/h5-6,17H,4,7-8H2,1-3H3,(H,18,19). The molecule has 0 aromatic heterocycles. The van der Waals surface area contributed by atoms with E-state index in [1.807, 2.05) is 6.92 Å². The molecule has 0 aliphatic carbocycles. The fourth-order valence-electron chi connectivity index (χ4n) is 1.44. The molecule has 1 rings (SSSR count). The summed E-state index contributed by atoms with van der Waals surface area (Å²) in [7, 11) is 0. The lowest BCUT2D eigenvalue weighted by Crippen LogP contribution is -2.31. The van der Waals surface area contributed by atoms with Gasteiger partial charge in [-0.05, 0) is 38.1 Å². The van der Waals surface area contributed by atoms with Crippen LogP contribution in [0.4, 0.5) is 8.78 Å². The summed E-state index contributed by atoms with van der Waals surface area (Å²) in [5.74, 6) is -3.31. The zero-order valence-electron chi connectivity index (χ0n) is 11.8. The molecule has 0 spiro atoms. The molecule has 0 radical (unpaired) electrons. The first-order valence-electron chi connectivity index (χ1n) is 6.32. The summed E-state index contributed by atoms with van der Waals surface area (Å²) in [5, 5.41) is 11.9. The number of nitrogens with one attached hydrogen (secondary N) is 1. The molecule has 2 N–H and O–H groups in total. The minimum absolute atomic E-state index is 0.317. The van der Waals surface area contributed by atoms with Gasteiger partial charge in [0.05, 0.1) is 5.41 Å². The van der Waals surface area contributed by atoms with Crippen LogP contribution in [-0.2, 0) is 11.3 Å². The summed E-state index contributed by atoms with van der Waals surface area (Å²) in [6.07, 6.45) is 0. The van der Waals surface area contributed by atoms with Gasteiger partial charge in [-0.25, -0.2) is 8.78 Å². The molecule has 0 aliphatic rings. The van der Waals surface area contributed by atoms with E-state index < -0.39 is 28.8 Å². The predicted molar refractivity (Wildman–Crippen MR) is 70.7 cm³/mol. The maximum Gasteiger partial charge on any atom is 0.312 e. The Labute approximate surface area is 116 Å². The highest BCUT2D eigenvalue weighted by Gasteiger charge is 2.29. The second-order valence-electron chi connectivity index (χ2n) is 5.15. The lowest BCUT2D eigenvalue weighted by Gasteiger charge is -2.20. The number of benzene rings is 1. The van der Waals surface area contributed by atoms with Crippen molar-refractivity contribution in [2.75, 3.05) is 13.2 Å². The van der Waals surface area contributed by atoms with Gasteiger partial charge >= 0.3 is 5.97 Å². The van der Waals surface area contributed by atoms with E-state index in [-0.39, 0.29) is 6.61 Å². The van der Waals surface area contributed by atoms with Gasteiger partial charge in [0.1, 0.15) is 6.61 Å². The number of carboxylic acids is 1. The number of carbonyl (C=O) groups is 1. The molecule has 1 aromatic carbocycles. The Morgan fingerprint density at radius 2 is 1.90 bits per heavy atom. The SMILES string of the molecule is CCNCc1cc(F)c(OCC(C)(C)C(=O)O)c(F)c1. The average Bonchev–Trinajstić information content (AvgIpc) is 2.35. The summed E-state index contributed by atoms with van der Waals surface area (Å²) >= 11 is 0. The summed E-state index contributed by atoms with van der Waals surface area (Å²) < 4.78 is 32.6. The number of aliphatic carboxylic acids is 1. The van der Waals surface area contributed by atoms with E-state index in [1.54, 1.807) is 0 Å². The number of rotatable bonds is 7. The van der Waals surface area contributed by atoms with Crippen molar-refractivity contribution < 1.29 is 23.4 Å². The van der Waals surface area contributed by atoms with Crippen molar-refractivity contribution in [2.24, 2.45) is 5.41 Å². The topological polar surface area (TPSA) is 58.6 Å². The highest BCUT2D eigenvalue weighted by molar-refractivity contribution is 5.73. The quantitative estimate of drug-likeness (QED) is 0.809. The molecular weight excluding hydrogens is 268 g/mol. The van der Waals surface area contributed by atoms with Crippen LogP contribution in [0.1, 0.15) is 26.3 Å². The third-order valence-corrected chi connectivity index (χ3v) is 2.79. The van der Waals surface area contributed by atoms with Gasteiger partial charge in [0.2, 0.25) is 0 Å². The Balaban J connectivity index is 2.84. The first kappa shape index (κ1) is 16.4. The normalized spacial score (nSPS) is 11.4. The van der Waals surface area contributed by atoms with Gasteiger partial charge in [-0.15, -0.1) is 0 Å². The van der Waals surface area contributed by atoms with Gasteiger partial charge in [-0.1, -0.05) is 6.92 Å². The summed E-state index contributed by atoms with van der Waals surface area (Å²) in [6, 6.07) is 2.35. The second kappa shape index (κ2) is 6.65. The number of ether oxygens (including phenoxy) is 1. The summed E-state index contributed by atoms with van der Waals surface area (Å²) in [6.45, 7) is 5.45. The summed E-state index contributed by atoms with van der Waals surface area (Å²) in [5.41, 5.74) is -0.756. The van der Waals surface area contributed by atoms with E-state index in [4.69, 9.17) is 9.84 Å². The van der Waals surface area contributed by atoms with Gasteiger partial charge in [0.15, 0.2) is 17.4 Å². The Morgan fingerprint density at radius 1 is 1.35 bits per heavy atom. The van der Waals surface area contributed by atoms with Crippen molar-refractivity contribution in [1.29, 1.82) is 0 Å². The lowest BCUT2D eigenvalue weighted by atomic mass is 9.95. The number of hydrogen-bond acceptors (Lipinski definition) is 3. The van der Waals surface area contributed by atoms with E-state index in [2.05, 4.69) is 5.32 Å². The molecule has 0 unspecified atom stereocenters. The molecule has 0 fully saturated rings. The van der Waals surface area contributed by atoms with Gasteiger partial charge in [0.25, 0.3) is 0 Å². The molecule has 0 aliphatic heterocycles. The molecule has 20 heavy (non-hydrogen) atoms. The smallest absolute Gasteiger partial charge is 0.312 e. The second-order valence-corrected chi connectivity index (χ2v) is 5.15. The van der Waals surface area contributed by atoms with Crippen LogP contribution in [-0.4, -0.2) is 24.2 Å². The van der Waals surface area contributed by atoms with E-state index in [9.17, 15) is 13.6 Å². The van der Waals surface area contributed by atoms with Crippen molar-refractivity contribution in [3.63, 3.8) is 0 Å². The van der Waals surface area contributed by atoms with Crippen LogP contribution < -0.4 is 10.1 Å². The average molecular weight is 287 g/mol. The van der Waals surface area contributed by atoms with Crippen molar-refractivity contribution in [1.82, 2.24) is 5.32 Å². The molecule has 0 saturated heterocycles. The summed E-state index contributed by atoms with van der Waals surface area (Å²) in [4.78, 5) is 10.9. The van der Waals surface area contributed by atoms with Crippen LogP contribution in [0.5, 0.6) is 5.75 Å². The Kier molecular flexibility index (Phi) is 5.44. The van der Waals surface area contributed by atoms with Crippen molar-refractivity contribution in [2.45, 2.75) is 27.3 Å². The molecule has 1 aromatic rings. The molecule has 0 amide bonds. The van der Waals surface area contributed by atoms with Crippen molar-refractivity contribution in [3.05, 3.63) is 29.3 Å². The zero-order valence-corrected chi connectivity index (χ0v) is 11.8. The lowest BCUT2D eigenvalue weighted by molar-refractivity contribution is -0.148. The first-order chi connectivity index (χ1) is 9.27. The molecule has 0 heterocycles. The van der Waals surface area contributed by atoms with Gasteiger partial charge < -0.3 is 15.2 Å². The van der Waals surface area contributed by atoms with E-state index in [1.165, 1.54) is 26.0 Å². The number of hydrogen-bond donors (Lipinski definition) is 2. The molecule has 0 atom stereocenters. The van der Waals surface area contributed by atoms with Gasteiger partial charge in [-0.2, -0.15) is 0 Å². The molecule has 0 bridgehead atoms. The highest BCUT2D eigenvalue weighted by Crippen LogP contribution is 2.26. The van der Waals surface area contributed by atoms with Crippen molar-refractivity contribution >= 4 is 5.97 Å². The van der Waals surface area contributed by atoms with Gasteiger partial charge in [0, 0.05) is 6.54 Å². The van der Waals surface area contributed by atoms with Crippen LogP contribution in [0, 0.1) is 17.0 Å². The van der Waals surface area contributed by atoms with Crippen LogP contribution in [0.2, 0.25) is 0 Å². The van der Waals surface area contributed by atoms with Crippen LogP contribution in [0.3, 0.4) is 0 Å². The number of carboxylic acid groups (broad SMARTS) is 1. The van der Waals surface area contributed by atoms with Crippen LogP contribution >= 0.6 is 0 Å². The van der Waals surface area contributed by atoms with E-state index in [0.717, 1.165) is 0 Å². The highest BCUT2D eigenvalue weighted by atomic mass is 19.1. The molecule has 6 heteroatoms. The minimum atomic E-state index is -1.22. The van der Waals surface area contributed by atoms with Crippen LogP contribution in [0.25, 0.3) is 0 Å². The third-order valence-electron chi connectivity index (χ3n) is 2.79. The monoisotopic (exact) mass is 287 g/mol. The zero-order chi connectivity index (χ0) is 15.3. The maximum absolute atomic E-state index is 13.8. The predicted octanol–water partition coefficient (Wildman–Crippen LogP) is 2.56. The molecule has 4 nitrogen and oxygen atoms in total. The Morgan fingerprint density at radius 3 is 2.35 bits per heavy atom.